The Morgan fingerprint density at radius 2 is 1.78 bits per heavy atom. The molecular formula is C22H29N3O2. The molecule has 1 fully saturated rings. The number of piperazine rings is 1. The van der Waals surface area contributed by atoms with Gasteiger partial charge in [0.2, 0.25) is 5.91 Å². The summed E-state index contributed by atoms with van der Waals surface area (Å²) in [6.45, 7) is 10.4. The topological polar surface area (TPSA) is 44.8 Å². The summed E-state index contributed by atoms with van der Waals surface area (Å²) < 4.78 is 5.60. The summed E-state index contributed by atoms with van der Waals surface area (Å²) in [5.41, 5.74) is 4.78. The average Bonchev–Trinajstić information content (AvgIpc) is 2.69. The van der Waals surface area contributed by atoms with Crippen molar-refractivity contribution in [3.05, 3.63) is 53.6 Å². The first-order valence-corrected chi connectivity index (χ1v) is 9.64. The number of nitrogens with zero attached hydrogens (tertiary/aromatic N) is 2. The van der Waals surface area contributed by atoms with Gasteiger partial charge >= 0.3 is 0 Å². The fourth-order valence-electron chi connectivity index (χ4n) is 3.45. The molecular weight excluding hydrogens is 338 g/mol. The van der Waals surface area contributed by atoms with Crippen molar-refractivity contribution >= 4 is 17.3 Å². The second kappa shape index (κ2) is 8.80. The number of rotatable bonds is 6. The second-order valence-electron chi connectivity index (χ2n) is 6.87. The van der Waals surface area contributed by atoms with E-state index in [0.29, 0.717) is 6.61 Å². The van der Waals surface area contributed by atoms with E-state index < -0.39 is 0 Å². The molecule has 1 aliphatic rings. The van der Waals surface area contributed by atoms with Crippen molar-refractivity contribution in [3.8, 4) is 5.75 Å². The van der Waals surface area contributed by atoms with Gasteiger partial charge in [-0.25, -0.2) is 0 Å². The first-order valence-electron chi connectivity index (χ1n) is 9.64. The molecule has 3 rings (SSSR count). The predicted octanol–water partition coefficient (Wildman–Crippen LogP) is 3.46. The molecule has 0 aromatic heterocycles. The smallest absolute Gasteiger partial charge is 0.241 e. The average molecular weight is 367 g/mol. The molecule has 1 heterocycles. The molecule has 144 valence electrons. The van der Waals surface area contributed by atoms with Crippen LogP contribution in [0.4, 0.5) is 11.4 Å². The van der Waals surface area contributed by atoms with Crippen molar-refractivity contribution in [2.45, 2.75) is 20.8 Å². The lowest BCUT2D eigenvalue weighted by Gasteiger charge is -2.37. The fraction of sp³-hybridized carbons (Fsp3) is 0.409. The van der Waals surface area contributed by atoms with E-state index in [4.69, 9.17) is 4.74 Å². The molecule has 1 amide bonds. The number of ether oxygens (including phenoxy) is 1. The molecule has 1 saturated heterocycles. The van der Waals surface area contributed by atoms with E-state index in [1.165, 1.54) is 16.8 Å². The monoisotopic (exact) mass is 367 g/mol. The molecule has 1 N–H and O–H groups in total. The maximum atomic E-state index is 12.6. The lowest BCUT2D eigenvalue weighted by atomic mass is 10.1. The maximum Gasteiger partial charge on any atom is 0.241 e. The van der Waals surface area contributed by atoms with Crippen molar-refractivity contribution in [2.24, 2.45) is 0 Å². The van der Waals surface area contributed by atoms with Gasteiger partial charge in [-0.2, -0.15) is 0 Å². The van der Waals surface area contributed by atoms with Crippen LogP contribution in [0.25, 0.3) is 0 Å². The number of amides is 1. The quantitative estimate of drug-likeness (QED) is 0.849. The van der Waals surface area contributed by atoms with E-state index in [-0.39, 0.29) is 12.5 Å². The zero-order chi connectivity index (χ0) is 19.2. The molecule has 0 aliphatic carbocycles. The predicted molar refractivity (Wildman–Crippen MR) is 111 cm³/mol. The summed E-state index contributed by atoms with van der Waals surface area (Å²) in [4.78, 5) is 16.9. The van der Waals surface area contributed by atoms with Gasteiger partial charge < -0.3 is 19.9 Å². The number of hydrogen-bond donors (Lipinski definition) is 1. The molecule has 0 saturated carbocycles. The number of nitrogens with one attached hydrogen (secondary N) is 1. The van der Waals surface area contributed by atoms with Crippen molar-refractivity contribution in [3.63, 3.8) is 0 Å². The van der Waals surface area contributed by atoms with Crippen LogP contribution in [0.15, 0.2) is 42.5 Å². The van der Waals surface area contributed by atoms with Gasteiger partial charge in [-0.05, 0) is 50.1 Å². The van der Waals surface area contributed by atoms with Crippen LogP contribution in [-0.2, 0) is 4.79 Å². The summed E-state index contributed by atoms with van der Waals surface area (Å²) >= 11 is 0. The van der Waals surface area contributed by atoms with Crippen LogP contribution >= 0.6 is 0 Å². The Hall–Kier alpha value is -2.69. The van der Waals surface area contributed by atoms with Crippen molar-refractivity contribution in [2.75, 3.05) is 49.5 Å². The van der Waals surface area contributed by atoms with Crippen molar-refractivity contribution in [1.29, 1.82) is 0 Å². The van der Waals surface area contributed by atoms with Gasteiger partial charge in [0.15, 0.2) is 0 Å². The maximum absolute atomic E-state index is 12.6. The van der Waals surface area contributed by atoms with Gasteiger partial charge in [-0.15, -0.1) is 0 Å². The standard InChI is InChI=1S/C22H29N3O2/c1-4-27-21-11-6-5-9-19(21)23-16-22(26)25-14-12-24(13-15-25)20-10-7-8-17(2)18(20)3/h5-11,23H,4,12-16H2,1-3H3. The Balaban J connectivity index is 1.54. The number of carbonyl (C=O) groups excluding carboxylic acids is 1. The minimum absolute atomic E-state index is 0.127. The van der Waals surface area contributed by atoms with Gasteiger partial charge in [-0.3, -0.25) is 4.79 Å². The number of hydrogen-bond acceptors (Lipinski definition) is 4. The number of anilines is 2. The minimum Gasteiger partial charge on any atom is -0.492 e. The van der Waals surface area contributed by atoms with E-state index in [0.717, 1.165) is 37.6 Å². The number of aryl methyl sites for hydroxylation is 1. The van der Waals surface area contributed by atoms with E-state index in [1.54, 1.807) is 0 Å². The van der Waals surface area contributed by atoms with Crippen LogP contribution in [0.2, 0.25) is 0 Å². The van der Waals surface area contributed by atoms with Gasteiger partial charge in [-0.1, -0.05) is 24.3 Å². The van der Waals surface area contributed by atoms with Crippen molar-refractivity contribution in [1.82, 2.24) is 4.90 Å². The Bertz CT molecular complexity index is 783. The molecule has 0 radical (unpaired) electrons. The fourth-order valence-corrected chi connectivity index (χ4v) is 3.45. The van der Waals surface area contributed by atoms with Gasteiger partial charge in [0.05, 0.1) is 18.8 Å². The summed E-state index contributed by atoms with van der Waals surface area (Å²) in [7, 11) is 0. The Morgan fingerprint density at radius 1 is 1.04 bits per heavy atom. The summed E-state index contributed by atoms with van der Waals surface area (Å²) in [5.74, 6) is 0.912. The molecule has 2 aromatic rings. The summed E-state index contributed by atoms with van der Waals surface area (Å²) in [6, 6.07) is 14.2. The lowest BCUT2D eigenvalue weighted by molar-refractivity contribution is -0.129. The Kier molecular flexibility index (Phi) is 6.22. The van der Waals surface area contributed by atoms with Crippen LogP contribution in [0, 0.1) is 13.8 Å². The third-order valence-electron chi connectivity index (χ3n) is 5.17. The third kappa shape index (κ3) is 4.54. The van der Waals surface area contributed by atoms with Gasteiger partial charge in [0.1, 0.15) is 5.75 Å². The highest BCUT2D eigenvalue weighted by atomic mass is 16.5. The summed E-state index contributed by atoms with van der Waals surface area (Å²) in [5, 5.41) is 3.22. The van der Waals surface area contributed by atoms with E-state index in [1.807, 2.05) is 36.1 Å². The Morgan fingerprint density at radius 3 is 2.52 bits per heavy atom. The zero-order valence-electron chi connectivity index (χ0n) is 16.5. The van der Waals surface area contributed by atoms with Crippen LogP contribution in [0.1, 0.15) is 18.1 Å². The highest BCUT2D eigenvalue weighted by Crippen LogP contribution is 2.25. The van der Waals surface area contributed by atoms with Crippen LogP contribution in [-0.4, -0.2) is 50.1 Å². The molecule has 5 nitrogen and oxygen atoms in total. The SMILES string of the molecule is CCOc1ccccc1NCC(=O)N1CCN(c2cccc(C)c2C)CC1. The van der Waals surface area contributed by atoms with Gasteiger partial charge in [0.25, 0.3) is 0 Å². The summed E-state index contributed by atoms with van der Waals surface area (Å²) in [6.07, 6.45) is 0. The molecule has 27 heavy (non-hydrogen) atoms. The van der Waals surface area contributed by atoms with E-state index in [2.05, 4.69) is 42.3 Å². The minimum atomic E-state index is 0.127. The number of para-hydroxylation sites is 2. The molecule has 1 aliphatic heterocycles. The number of carbonyl (C=O) groups is 1. The van der Waals surface area contributed by atoms with Crippen LogP contribution < -0.4 is 15.0 Å². The molecule has 2 aromatic carbocycles. The first-order chi connectivity index (χ1) is 13.1. The molecule has 0 atom stereocenters. The molecule has 0 bridgehead atoms. The second-order valence-corrected chi connectivity index (χ2v) is 6.87. The van der Waals surface area contributed by atoms with Crippen LogP contribution in [0.3, 0.4) is 0 Å². The van der Waals surface area contributed by atoms with E-state index >= 15 is 0 Å². The van der Waals surface area contributed by atoms with Crippen molar-refractivity contribution < 1.29 is 9.53 Å². The normalized spacial score (nSPS) is 14.2. The highest BCUT2D eigenvalue weighted by molar-refractivity contribution is 5.81. The van der Waals surface area contributed by atoms with Gasteiger partial charge in [0, 0.05) is 31.9 Å². The molecule has 0 unspecified atom stereocenters. The molecule has 0 spiro atoms. The van der Waals surface area contributed by atoms with Crippen LogP contribution in [0.5, 0.6) is 5.75 Å². The lowest BCUT2D eigenvalue weighted by Crippen LogP contribution is -2.50. The number of benzene rings is 2. The largest absolute Gasteiger partial charge is 0.492 e. The third-order valence-corrected chi connectivity index (χ3v) is 5.17. The van der Waals surface area contributed by atoms with E-state index in [9.17, 15) is 4.79 Å². The zero-order valence-corrected chi connectivity index (χ0v) is 16.5. The molecule has 5 heteroatoms. The highest BCUT2D eigenvalue weighted by Gasteiger charge is 2.22. The Labute approximate surface area is 161 Å². The first kappa shape index (κ1) is 19.1.